The number of methoxy groups -OCH3 is 1. The van der Waals surface area contributed by atoms with Crippen LogP contribution in [-0.4, -0.2) is 96.6 Å². The van der Waals surface area contributed by atoms with Crippen molar-refractivity contribution in [1.29, 1.82) is 0 Å². The van der Waals surface area contributed by atoms with Crippen LogP contribution >= 0.6 is 0 Å². The Morgan fingerprint density at radius 2 is 1.73 bits per heavy atom. The van der Waals surface area contributed by atoms with Gasteiger partial charge in [-0.1, -0.05) is 43.7 Å². The smallest absolute Gasteiger partial charge is 0.254 e. The number of likely N-dealkylation sites (tertiary alicyclic amines) is 2. The average molecular weight is 661 g/mol. The van der Waals surface area contributed by atoms with Crippen LogP contribution in [0.3, 0.4) is 0 Å². The Morgan fingerprint density at radius 1 is 0.979 bits per heavy atom. The number of aromatic amines is 1. The Bertz CT molecular complexity index is 1510. The number of hydrogen-bond donors (Lipinski definition) is 3. The van der Waals surface area contributed by atoms with Gasteiger partial charge in [-0.15, -0.1) is 0 Å². The van der Waals surface area contributed by atoms with Crippen molar-refractivity contribution >= 4 is 23.6 Å². The fourth-order valence-electron chi connectivity index (χ4n) is 6.24. The summed E-state index contributed by atoms with van der Waals surface area (Å²) < 4.78 is 11.2. The highest BCUT2D eigenvalue weighted by Gasteiger charge is 2.47. The summed E-state index contributed by atoms with van der Waals surface area (Å²) in [5.41, 5.74) is 2.58. The first kappa shape index (κ1) is 36.0. The molecule has 3 heterocycles. The topological polar surface area (TPSA) is 146 Å². The number of benzene rings is 2. The summed E-state index contributed by atoms with van der Waals surface area (Å²) in [6, 6.07) is 17.4. The number of fused-ring (bicyclic) bond motifs is 1. The molecule has 0 aliphatic carbocycles. The lowest BCUT2D eigenvalue weighted by Crippen LogP contribution is -2.54. The lowest BCUT2D eigenvalue weighted by atomic mass is 9.79. The number of nitrogens with zero attached hydrogens (tertiary/aromatic N) is 3. The Morgan fingerprint density at radius 3 is 2.38 bits per heavy atom. The lowest BCUT2D eigenvalue weighted by molar-refractivity contribution is -0.139. The number of ether oxygens (including phenoxy) is 2. The molecule has 0 bridgehead atoms. The molecule has 3 unspecified atom stereocenters. The average Bonchev–Trinajstić information content (AvgIpc) is 3.77. The minimum Gasteiger partial charge on any atom is -0.493 e. The number of amides is 4. The summed E-state index contributed by atoms with van der Waals surface area (Å²) in [6.45, 7) is 7.30. The molecule has 3 N–H and O–H groups in total. The first-order chi connectivity index (χ1) is 23.1. The summed E-state index contributed by atoms with van der Waals surface area (Å²) in [5, 5.41) is 11.9. The molecule has 12 nitrogen and oxygen atoms in total. The van der Waals surface area contributed by atoms with Crippen LogP contribution in [0.15, 0.2) is 60.8 Å². The minimum absolute atomic E-state index is 0.0486. The maximum atomic E-state index is 13.5. The van der Waals surface area contributed by atoms with E-state index in [1.165, 1.54) is 32.6 Å². The molecule has 2 aliphatic heterocycles. The molecule has 12 heteroatoms. The molecule has 0 spiro atoms. The molecule has 2 aromatic carbocycles. The van der Waals surface area contributed by atoms with Crippen LogP contribution in [-0.2, 0) is 27.2 Å². The van der Waals surface area contributed by atoms with Gasteiger partial charge < -0.3 is 29.9 Å². The summed E-state index contributed by atoms with van der Waals surface area (Å²) in [6.07, 6.45) is 4.12. The molecule has 0 radical (unpaired) electrons. The van der Waals surface area contributed by atoms with E-state index < -0.39 is 5.92 Å². The highest BCUT2D eigenvalue weighted by atomic mass is 16.5. The van der Waals surface area contributed by atoms with Gasteiger partial charge in [0, 0.05) is 50.7 Å². The third-order valence-corrected chi connectivity index (χ3v) is 8.61. The molecule has 0 saturated carbocycles. The zero-order valence-corrected chi connectivity index (χ0v) is 28.5. The summed E-state index contributed by atoms with van der Waals surface area (Å²) in [5.74, 6) is -0.714. The van der Waals surface area contributed by atoms with E-state index in [-0.39, 0.29) is 61.1 Å². The Hall–Kier alpha value is -4.87. The second kappa shape index (κ2) is 17.3. The Kier molecular flexibility index (Phi) is 13.0. The van der Waals surface area contributed by atoms with Crippen molar-refractivity contribution < 1.29 is 28.7 Å². The molecular weight excluding hydrogens is 612 g/mol. The predicted octanol–water partition coefficient (Wildman–Crippen LogP) is 3.10. The van der Waals surface area contributed by atoms with E-state index in [9.17, 15) is 19.2 Å². The summed E-state index contributed by atoms with van der Waals surface area (Å²) in [7, 11) is 3.02. The van der Waals surface area contributed by atoms with Crippen LogP contribution in [0.25, 0.3) is 0 Å². The van der Waals surface area contributed by atoms with E-state index in [4.69, 9.17) is 9.47 Å². The molecule has 2 aliphatic rings. The first-order valence-electron chi connectivity index (χ1n) is 16.6. The number of hydrogen-bond acceptors (Lipinski definition) is 7. The fourth-order valence-corrected chi connectivity index (χ4v) is 6.24. The van der Waals surface area contributed by atoms with Crippen molar-refractivity contribution in [2.75, 3.05) is 46.9 Å². The van der Waals surface area contributed by atoms with Gasteiger partial charge in [0.15, 0.2) is 11.5 Å². The fraction of sp³-hybridized carbons (Fsp3) is 0.472. The molecule has 2 fully saturated rings. The summed E-state index contributed by atoms with van der Waals surface area (Å²) in [4.78, 5) is 55.0. The van der Waals surface area contributed by atoms with Crippen LogP contribution < -0.4 is 20.1 Å². The number of carbonyl (C=O) groups is 4. The van der Waals surface area contributed by atoms with Gasteiger partial charge in [-0.3, -0.25) is 24.3 Å². The van der Waals surface area contributed by atoms with Gasteiger partial charge in [0.05, 0.1) is 32.1 Å². The molecule has 4 amide bonds. The summed E-state index contributed by atoms with van der Waals surface area (Å²) >= 11 is 0. The number of aryl methyl sites for hydroxylation is 1. The van der Waals surface area contributed by atoms with Crippen LogP contribution in [0.5, 0.6) is 11.5 Å². The number of likely N-dealkylation sites (N-methyl/N-ethyl adjacent to an activating group) is 1. The number of rotatable bonds is 11. The van der Waals surface area contributed by atoms with Crippen LogP contribution in [0, 0.1) is 17.8 Å². The van der Waals surface area contributed by atoms with Crippen LogP contribution in [0.2, 0.25) is 0 Å². The van der Waals surface area contributed by atoms with Gasteiger partial charge in [-0.05, 0) is 61.9 Å². The van der Waals surface area contributed by atoms with Crippen molar-refractivity contribution in [3.8, 4) is 11.5 Å². The molecule has 5 rings (SSSR count). The van der Waals surface area contributed by atoms with Gasteiger partial charge in [-0.25, -0.2) is 0 Å². The van der Waals surface area contributed by atoms with E-state index >= 15 is 0 Å². The van der Waals surface area contributed by atoms with E-state index in [1.54, 1.807) is 40.3 Å². The van der Waals surface area contributed by atoms with Crippen LogP contribution in [0.4, 0.5) is 0 Å². The molecule has 3 aromatic rings. The number of aromatic nitrogens is 2. The number of piperidine rings is 1. The highest BCUT2D eigenvalue weighted by molar-refractivity contribution is 5.95. The quantitative estimate of drug-likeness (QED) is 0.287. The second-order valence-electron chi connectivity index (χ2n) is 12.5. The van der Waals surface area contributed by atoms with Crippen molar-refractivity contribution in [2.24, 2.45) is 17.8 Å². The third-order valence-electron chi connectivity index (χ3n) is 8.61. The van der Waals surface area contributed by atoms with Gasteiger partial charge >= 0.3 is 0 Å². The monoisotopic (exact) mass is 660 g/mol. The van der Waals surface area contributed by atoms with E-state index in [0.29, 0.717) is 42.4 Å². The zero-order chi connectivity index (χ0) is 34.6. The maximum Gasteiger partial charge on any atom is 0.254 e. The second-order valence-corrected chi connectivity index (χ2v) is 12.5. The van der Waals surface area contributed by atoms with Crippen molar-refractivity contribution in [1.82, 2.24) is 30.6 Å². The standard InChI is InChI=1S/C27H36N6O6.C9H12/c1-16(2)39-22-6-5-17(9-23(22)38-4)27(37)33-13-18-12-32(25(35)10-19-7-8-30-31-19)15-21(20(18)14-33)26(36)29-11-24(34)28-3;1-2-6-9-7-4-3-5-8-9/h5-9,16,18,20-21H,10-15H2,1-4H3,(H,28,34)(H,29,36)(H,30,31);3-5,7-8H,2,6H2,1H3. The largest absolute Gasteiger partial charge is 0.493 e. The molecule has 258 valence electrons. The van der Waals surface area contributed by atoms with Crippen molar-refractivity contribution in [3.05, 3.63) is 77.6 Å². The maximum absolute atomic E-state index is 13.5. The van der Waals surface area contributed by atoms with Crippen molar-refractivity contribution in [2.45, 2.75) is 46.1 Å². The third kappa shape index (κ3) is 9.58. The van der Waals surface area contributed by atoms with Gasteiger partial charge in [0.25, 0.3) is 5.91 Å². The number of H-pyrrole nitrogens is 1. The van der Waals surface area contributed by atoms with Crippen LogP contribution in [0.1, 0.15) is 48.8 Å². The molecule has 2 saturated heterocycles. The van der Waals surface area contributed by atoms with Gasteiger partial charge in [0.2, 0.25) is 17.7 Å². The zero-order valence-electron chi connectivity index (χ0n) is 28.5. The van der Waals surface area contributed by atoms with Gasteiger partial charge in [-0.2, -0.15) is 5.10 Å². The predicted molar refractivity (Wildman–Crippen MR) is 182 cm³/mol. The normalized spacial score (nSPS) is 18.3. The van der Waals surface area contributed by atoms with E-state index in [1.807, 2.05) is 13.8 Å². The molecular formula is C36H48N6O6. The Labute approximate surface area is 282 Å². The molecule has 1 aromatic heterocycles. The van der Waals surface area contributed by atoms with Gasteiger partial charge in [0.1, 0.15) is 0 Å². The molecule has 3 atom stereocenters. The molecule has 48 heavy (non-hydrogen) atoms. The number of carbonyl (C=O) groups excluding carboxylic acids is 4. The SMILES string of the molecule is CCCc1ccccc1.CNC(=O)CNC(=O)C1CN(C(=O)Cc2ccn[nH]2)CC2CN(C(=O)c3ccc(OC(C)C)c(OC)c3)CC21. The van der Waals surface area contributed by atoms with Crippen molar-refractivity contribution in [3.63, 3.8) is 0 Å². The van der Waals surface area contributed by atoms with E-state index in [0.717, 1.165) is 0 Å². The van der Waals surface area contributed by atoms with E-state index in [2.05, 4.69) is 58.1 Å². The first-order valence-corrected chi connectivity index (χ1v) is 16.6. The lowest BCUT2D eigenvalue weighted by Gasteiger charge is -2.39. The minimum atomic E-state index is -0.562. The number of nitrogens with one attached hydrogen (secondary N) is 3. The Balaban J connectivity index is 0.000000500. The highest BCUT2D eigenvalue weighted by Crippen LogP contribution is 2.37.